The van der Waals surface area contributed by atoms with Gasteiger partial charge in [0, 0.05) is 0 Å². The third-order valence-corrected chi connectivity index (χ3v) is 1.57. The molecule has 1 aromatic rings. The first-order chi connectivity index (χ1) is 5.13. The van der Waals surface area contributed by atoms with Gasteiger partial charge in [0.05, 0.1) is 17.5 Å². The normalized spacial score (nSPS) is 9.64. The van der Waals surface area contributed by atoms with E-state index in [1.54, 1.807) is 13.8 Å². The maximum atomic E-state index is 10.5. The standard InChI is InChI=1S/C7H8N2O2/c1-4-5(2)9-8-3-6(4)7(10)11/h3H,1-2H3,(H,10,11). The summed E-state index contributed by atoms with van der Waals surface area (Å²) < 4.78 is 0. The molecule has 4 nitrogen and oxygen atoms in total. The number of aromatic carboxylic acids is 1. The number of aryl methyl sites for hydroxylation is 1. The molecule has 0 bridgehead atoms. The van der Waals surface area contributed by atoms with Gasteiger partial charge in [-0.05, 0) is 19.4 Å². The summed E-state index contributed by atoms with van der Waals surface area (Å²) in [7, 11) is 0. The van der Waals surface area contributed by atoms with Crippen molar-refractivity contribution in [3.8, 4) is 0 Å². The van der Waals surface area contributed by atoms with Crippen LogP contribution < -0.4 is 0 Å². The number of hydrogen-bond acceptors (Lipinski definition) is 3. The highest BCUT2D eigenvalue weighted by Gasteiger charge is 2.08. The molecule has 0 atom stereocenters. The first-order valence-corrected chi connectivity index (χ1v) is 3.15. The molecular weight excluding hydrogens is 144 g/mol. The Hall–Kier alpha value is -1.45. The first kappa shape index (κ1) is 7.65. The van der Waals surface area contributed by atoms with Crippen LogP contribution in [0.25, 0.3) is 0 Å². The molecule has 1 aromatic heterocycles. The molecule has 1 heterocycles. The van der Waals surface area contributed by atoms with Gasteiger partial charge in [-0.1, -0.05) is 0 Å². The lowest BCUT2D eigenvalue weighted by molar-refractivity contribution is 0.0695. The minimum atomic E-state index is -0.958. The zero-order valence-corrected chi connectivity index (χ0v) is 6.33. The van der Waals surface area contributed by atoms with Gasteiger partial charge in [0.15, 0.2) is 0 Å². The van der Waals surface area contributed by atoms with Crippen molar-refractivity contribution in [3.63, 3.8) is 0 Å². The van der Waals surface area contributed by atoms with Crippen LogP contribution in [-0.4, -0.2) is 21.3 Å². The summed E-state index contributed by atoms with van der Waals surface area (Å²) in [5.74, 6) is -0.958. The lowest BCUT2D eigenvalue weighted by Gasteiger charge is -1.99. The number of rotatable bonds is 1. The van der Waals surface area contributed by atoms with Gasteiger partial charge in [-0.3, -0.25) is 0 Å². The molecule has 0 fully saturated rings. The Morgan fingerprint density at radius 1 is 1.55 bits per heavy atom. The van der Waals surface area contributed by atoms with Crippen LogP contribution in [0.4, 0.5) is 0 Å². The minimum absolute atomic E-state index is 0.220. The molecule has 4 heteroatoms. The van der Waals surface area contributed by atoms with Gasteiger partial charge in [0.2, 0.25) is 0 Å². The molecule has 0 saturated heterocycles. The van der Waals surface area contributed by atoms with Crippen molar-refractivity contribution in [2.75, 3.05) is 0 Å². The van der Waals surface area contributed by atoms with Crippen LogP contribution in [0.5, 0.6) is 0 Å². The average molecular weight is 152 g/mol. The summed E-state index contributed by atoms with van der Waals surface area (Å²) in [6, 6.07) is 0. The Bertz CT molecular complexity index is 296. The third-order valence-electron chi connectivity index (χ3n) is 1.57. The lowest BCUT2D eigenvalue weighted by atomic mass is 10.1. The lowest BCUT2D eigenvalue weighted by Crippen LogP contribution is -2.03. The highest BCUT2D eigenvalue weighted by molar-refractivity contribution is 5.88. The minimum Gasteiger partial charge on any atom is -0.478 e. The van der Waals surface area contributed by atoms with E-state index in [0.717, 1.165) is 0 Å². The quantitative estimate of drug-likeness (QED) is 0.646. The van der Waals surface area contributed by atoms with Crippen LogP contribution in [0.1, 0.15) is 21.6 Å². The molecule has 0 spiro atoms. The van der Waals surface area contributed by atoms with Crippen molar-refractivity contribution in [2.24, 2.45) is 0 Å². The largest absolute Gasteiger partial charge is 0.478 e. The van der Waals surface area contributed by atoms with Crippen molar-refractivity contribution >= 4 is 5.97 Å². The molecule has 0 radical (unpaired) electrons. The smallest absolute Gasteiger partial charge is 0.337 e. The van der Waals surface area contributed by atoms with Crippen molar-refractivity contribution < 1.29 is 9.90 Å². The third kappa shape index (κ3) is 1.34. The summed E-state index contributed by atoms with van der Waals surface area (Å²) in [5, 5.41) is 15.9. The van der Waals surface area contributed by atoms with E-state index in [1.165, 1.54) is 6.20 Å². The van der Waals surface area contributed by atoms with Crippen molar-refractivity contribution in [2.45, 2.75) is 13.8 Å². The number of carbonyl (C=O) groups is 1. The molecule has 0 amide bonds. The fraction of sp³-hybridized carbons (Fsp3) is 0.286. The molecule has 0 aliphatic rings. The fourth-order valence-electron chi connectivity index (χ4n) is 0.756. The van der Waals surface area contributed by atoms with Crippen LogP contribution in [0.15, 0.2) is 6.20 Å². The van der Waals surface area contributed by atoms with Crippen LogP contribution in [0.2, 0.25) is 0 Å². The Morgan fingerprint density at radius 2 is 2.18 bits per heavy atom. The number of carboxylic acids is 1. The van der Waals surface area contributed by atoms with Crippen LogP contribution in [0, 0.1) is 13.8 Å². The SMILES string of the molecule is Cc1nncc(C(=O)O)c1C. The Labute approximate surface area is 63.9 Å². The van der Waals surface area contributed by atoms with E-state index in [0.29, 0.717) is 11.3 Å². The number of carboxylic acid groups (broad SMARTS) is 1. The van der Waals surface area contributed by atoms with Gasteiger partial charge >= 0.3 is 5.97 Å². The van der Waals surface area contributed by atoms with Crippen molar-refractivity contribution in [1.29, 1.82) is 0 Å². The van der Waals surface area contributed by atoms with E-state index in [4.69, 9.17) is 5.11 Å². The van der Waals surface area contributed by atoms with E-state index >= 15 is 0 Å². The van der Waals surface area contributed by atoms with Gasteiger partial charge in [-0.2, -0.15) is 10.2 Å². The summed E-state index contributed by atoms with van der Waals surface area (Å²) in [4.78, 5) is 10.5. The molecule has 0 aliphatic heterocycles. The Balaban J connectivity index is 3.27. The second-order valence-electron chi connectivity index (χ2n) is 2.27. The number of nitrogens with zero attached hydrogens (tertiary/aromatic N) is 2. The van der Waals surface area contributed by atoms with Crippen molar-refractivity contribution in [3.05, 3.63) is 23.0 Å². The van der Waals surface area contributed by atoms with Crippen molar-refractivity contribution in [1.82, 2.24) is 10.2 Å². The molecule has 1 N–H and O–H groups in total. The fourth-order valence-corrected chi connectivity index (χ4v) is 0.756. The molecular formula is C7H8N2O2. The van der Waals surface area contributed by atoms with Gasteiger partial charge in [0.1, 0.15) is 0 Å². The highest BCUT2D eigenvalue weighted by Crippen LogP contribution is 2.07. The van der Waals surface area contributed by atoms with Gasteiger partial charge in [-0.25, -0.2) is 4.79 Å². The average Bonchev–Trinajstić information content (AvgIpc) is 1.94. The molecule has 0 aromatic carbocycles. The van der Waals surface area contributed by atoms with Crippen LogP contribution >= 0.6 is 0 Å². The van der Waals surface area contributed by atoms with E-state index in [2.05, 4.69) is 10.2 Å². The van der Waals surface area contributed by atoms with E-state index < -0.39 is 5.97 Å². The Morgan fingerprint density at radius 3 is 2.64 bits per heavy atom. The van der Waals surface area contributed by atoms with Gasteiger partial charge in [0.25, 0.3) is 0 Å². The number of aromatic nitrogens is 2. The second kappa shape index (κ2) is 2.65. The predicted molar refractivity (Wildman–Crippen MR) is 38.5 cm³/mol. The van der Waals surface area contributed by atoms with Gasteiger partial charge < -0.3 is 5.11 Å². The van der Waals surface area contributed by atoms with Gasteiger partial charge in [-0.15, -0.1) is 0 Å². The zero-order valence-electron chi connectivity index (χ0n) is 6.33. The molecule has 58 valence electrons. The van der Waals surface area contributed by atoms with Crippen LogP contribution in [0.3, 0.4) is 0 Å². The van der Waals surface area contributed by atoms with E-state index in [1.807, 2.05) is 0 Å². The molecule has 0 saturated carbocycles. The maximum Gasteiger partial charge on any atom is 0.337 e. The van der Waals surface area contributed by atoms with Crippen LogP contribution in [-0.2, 0) is 0 Å². The molecule has 11 heavy (non-hydrogen) atoms. The zero-order chi connectivity index (χ0) is 8.43. The summed E-state index contributed by atoms with van der Waals surface area (Å²) in [5.41, 5.74) is 1.55. The maximum absolute atomic E-state index is 10.5. The number of hydrogen-bond donors (Lipinski definition) is 1. The topological polar surface area (TPSA) is 63.1 Å². The molecule has 1 rings (SSSR count). The second-order valence-corrected chi connectivity index (χ2v) is 2.27. The summed E-state index contributed by atoms with van der Waals surface area (Å²) >= 11 is 0. The predicted octanol–water partition coefficient (Wildman–Crippen LogP) is 0.792. The summed E-state index contributed by atoms with van der Waals surface area (Å²) in [6.07, 6.45) is 1.25. The Kier molecular flexibility index (Phi) is 1.85. The summed E-state index contributed by atoms with van der Waals surface area (Å²) in [6.45, 7) is 3.45. The van der Waals surface area contributed by atoms with E-state index in [9.17, 15) is 4.79 Å². The van der Waals surface area contributed by atoms with E-state index in [-0.39, 0.29) is 5.56 Å². The first-order valence-electron chi connectivity index (χ1n) is 3.15. The highest BCUT2D eigenvalue weighted by atomic mass is 16.4. The monoisotopic (exact) mass is 152 g/mol. The molecule has 0 aliphatic carbocycles. The molecule has 0 unspecified atom stereocenters.